The third-order valence-corrected chi connectivity index (χ3v) is 3.42. The summed E-state index contributed by atoms with van der Waals surface area (Å²) in [7, 11) is 0. The molecule has 1 heterocycles. The number of anilines is 1. The SMILES string of the molecule is CC(C)Nc1ccccc1C(=O)N1CC(C)OC(CO)C1. The molecule has 2 rings (SSSR count). The molecule has 5 heteroatoms. The van der Waals surface area contributed by atoms with Crippen LogP contribution in [0.25, 0.3) is 0 Å². The molecule has 1 aromatic rings. The molecule has 0 radical (unpaired) electrons. The maximum atomic E-state index is 12.8. The first kappa shape index (κ1) is 15.8. The zero-order valence-corrected chi connectivity index (χ0v) is 12.9. The number of morpholine rings is 1. The van der Waals surface area contributed by atoms with E-state index >= 15 is 0 Å². The van der Waals surface area contributed by atoms with E-state index in [-0.39, 0.29) is 30.8 Å². The van der Waals surface area contributed by atoms with Gasteiger partial charge in [0.05, 0.1) is 24.4 Å². The highest BCUT2D eigenvalue weighted by molar-refractivity contribution is 5.99. The third kappa shape index (κ3) is 3.95. The van der Waals surface area contributed by atoms with Crippen molar-refractivity contribution in [2.75, 3.05) is 25.0 Å². The average molecular weight is 292 g/mol. The van der Waals surface area contributed by atoms with Crippen LogP contribution in [0.3, 0.4) is 0 Å². The summed E-state index contributed by atoms with van der Waals surface area (Å²) in [5.74, 6) is -0.0210. The summed E-state index contributed by atoms with van der Waals surface area (Å²) in [6, 6.07) is 7.79. The number of nitrogens with one attached hydrogen (secondary N) is 1. The number of nitrogens with zero attached hydrogens (tertiary/aromatic N) is 1. The largest absolute Gasteiger partial charge is 0.394 e. The Balaban J connectivity index is 2.19. The van der Waals surface area contributed by atoms with Crippen LogP contribution >= 0.6 is 0 Å². The molecule has 0 spiro atoms. The number of benzene rings is 1. The van der Waals surface area contributed by atoms with E-state index in [2.05, 4.69) is 5.32 Å². The van der Waals surface area contributed by atoms with E-state index in [0.717, 1.165) is 5.69 Å². The number of carbonyl (C=O) groups is 1. The fourth-order valence-electron chi connectivity index (χ4n) is 2.59. The smallest absolute Gasteiger partial charge is 0.256 e. The molecule has 2 unspecified atom stereocenters. The van der Waals surface area contributed by atoms with Gasteiger partial charge in [0.25, 0.3) is 5.91 Å². The van der Waals surface area contributed by atoms with E-state index < -0.39 is 0 Å². The lowest BCUT2D eigenvalue weighted by Crippen LogP contribution is -2.50. The molecule has 5 nitrogen and oxygen atoms in total. The van der Waals surface area contributed by atoms with Gasteiger partial charge in [-0.15, -0.1) is 0 Å². The fourth-order valence-corrected chi connectivity index (χ4v) is 2.59. The molecule has 0 aromatic heterocycles. The average Bonchev–Trinajstić information content (AvgIpc) is 2.45. The number of hydrogen-bond acceptors (Lipinski definition) is 4. The minimum Gasteiger partial charge on any atom is -0.394 e. The van der Waals surface area contributed by atoms with Gasteiger partial charge in [0.15, 0.2) is 0 Å². The number of aliphatic hydroxyl groups excluding tert-OH is 1. The molecule has 2 N–H and O–H groups in total. The van der Waals surface area contributed by atoms with Crippen molar-refractivity contribution in [3.63, 3.8) is 0 Å². The Bertz CT molecular complexity index is 490. The fraction of sp³-hybridized carbons (Fsp3) is 0.562. The Hall–Kier alpha value is -1.59. The van der Waals surface area contributed by atoms with Crippen molar-refractivity contribution >= 4 is 11.6 Å². The second-order valence-corrected chi connectivity index (χ2v) is 5.81. The van der Waals surface area contributed by atoms with Gasteiger partial charge in [0.1, 0.15) is 0 Å². The Morgan fingerprint density at radius 3 is 2.81 bits per heavy atom. The van der Waals surface area contributed by atoms with Gasteiger partial charge in [-0.3, -0.25) is 4.79 Å². The molecule has 21 heavy (non-hydrogen) atoms. The van der Waals surface area contributed by atoms with Gasteiger partial charge in [-0.05, 0) is 32.9 Å². The summed E-state index contributed by atoms with van der Waals surface area (Å²) in [6.07, 6.45) is -0.368. The Morgan fingerprint density at radius 1 is 1.43 bits per heavy atom. The Morgan fingerprint density at radius 2 is 2.14 bits per heavy atom. The number of amides is 1. The van der Waals surface area contributed by atoms with Crippen molar-refractivity contribution in [1.29, 1.82) is 0 Å². The van der Waals surface area contributed by atoms with Gasteiger partial charge in [-0.25, -0.2) is 0 Å². The maximum Gasteiger partial charge on any atom is 0.256 e. The molecule has 0 aliphatic carbocycles. The number of para-hydroxylation sites is 1. The minimum atomic E-state index is -0.303. The highest BCUT2D eigenvalue weighted by Gasteiger charge is 2.29. The highest BCUT2D eigenvalue weighted by Crippen LogP contribution is 2.21. The number of aliphatic hydroxyl groups is 1. The van der Waals surface area contributed by atoms with Crippen molar-refractivity contribution in [1.82, 2.24) is 4.90 Å². The van der Waals surface area contributed by atoms with Gasteiger partial charge in [-0.2, -0.15) is 0 Å². The van der Waals surface area contributed by atoms with E-state index in [1.54, 1.807) is 4.90 Å². The summed E-state index contributed by atoms with van der Waals surface area (Å²) in [6.45, 7) is 6.90. The summed E-state index contributed by atoms with van der Waals surface area (Å²) in [4.78, 5) is 14.5. The van der Waals surface area contributed by atoms with Crippen molar-refractivity contribution in [2.45, 2.75) is 39.0 Å². The Kier molecular flexibility index (Phi) is 5.20. The normalized spacial score (nSPS) is 22.4. The van der Waals surface area contributed by atoms with Crippen LogP contribution in [0.15, 0.2) is 24.3 Å². The quantitative estimate of drug-likeness (QED) is 0.887. The minimum absolute atomic E-state index is 0.0210. The van der Waals surface area contributed by atoms with E-state index in [0.29, 0.717) is 18.7 Å². The number of hydrogen-bond donors (Lipinski definition) is 2. The Labute approximate surface area is 125 Å². The molecule has 0 bridgehead atoms. The monoisotopic (exact) mass is 292 g/mol. The predicted octanol–water partition coefficient (Wildman–Crippen LogP) is 1.73. The molecule has 1 saturated heterocycles. The highest BCUT2D eigenvalue weighted by atomic mass is 16.5. The van der Waals surface area contributed by atoms with Crippen LogP contribution in [0.2, 0.25) is 0 Å². The topological polar surface area (TPSA) is 61.8 Å². The molecule has 1 fully saturated rings. The number of ether oxygens (including phenoxy) is 1. The second-order valence-electron chi connectivity index (χ2n) is 5.81. The molecular weight excluding hydrogens is 268 g/mol. The first-order valence-corrected chi connectivity index (χ1v) is 7.42. The summed E-state index contributed by atoms with van der Waals surface area (Å²) in [5.41, 5.74) is 1.51. The summed E-state index contributed by atoms with van der Waals surface area (Å²) >= 11 is 0. The molecule has 1 amide bonds. The molecule has 116 valence electrons. The standard InChI is InChI=1S/C16H24N2O3/c1-11(2)17-15-7-5-4-6-14(15)16(20)18-8-12(3)21-13(9-18)10-19/h4-7,11-13,17,19H,8-10H2,1-3H3. The third-order valence-electron chi connectivity index (χ3n) is 3.42. The lowest BCUT2D eigenvalue weighted by Gasteiger charge is -2.36. The van der Waals surface area contributed by atoms with Crippen LogP contribution in [0.1, 0.15) is 31.1 Å². The summed E-state index contributed by atoms with van der Waals surface area (Å²) < 4.78 is 5.59. The van der Waals surface area contributed by atoms with Crippen LogP contribution < -0.4 is 5.32 Å². The van der Waals surface area contributed by atoms with Gasteiger partial charge in [0, 0.05) is 24.8 Å². The summed E-state index contributed by atoms with van der Waals surface area (Å²) in [5, 5.41) is 12.6. The van der Waals surface area contributed by atoms with E-state index in [1.807, 2.05) is 45.0 Å². The zero-order chi connectivity index (χ0) is 15.4. The first-order valence-electron chi connectivity index (χ1n) is 7.42. The molecular formula is C16H24N2O3. The van der Waals surface area contributed by atoms with E-state index in [4.69, 9.17) is 4.74 Å². The van der Waals surface area contributed by atoms with E-state index in [9.17, 15) is 9.90 Å². The van der Waals surface area contributed by atoms with E-state index in [1.165, 1.54) is 0 Å². The number of carbonyl (C=O) groups excluding carboxylic acids is 1. The number of rotatable bonds is 4. The van der Waals surface area contributed by atoms with Crippen LogP contribution in [0, 0.1) is 0 Å². The second kappa shape index (κ2) is 6.91. The first-order chi connectivity index (χ1) is 10.0. The van der Waals surface area contributed by atoms with Crippen LogP contribution in [0.5, 0.6) is 0 Å². The lowest BCUT2D eigenvalue weighted by molar-refractivity contribution is -0.0858. The van der Waals surface area contributed by atoms with Crippen molar-refractivity contribution in [3.05, 3.63) is 29.8 Å². The van der Waals surface area contributed by atoms with Gasteiger partial charge in [0.2, 0.25) is 0 Å². The van der Waals surface area contributed by atoms with Crippen LogP contribution in [-0.4, -0.2) is 53.9 Å². The van der Waals surface area contributed by atoms with Crippen molar-refractivity contribution in [2.24, 2.45) is 0 Å². The predicted molar refractivity (Wildman–Crippen MR) is 82.5 cm³/mol. The van der Waals surface area contributed by atoms with Gasteiger partial charge in [-0.1, -0.05) is 12.1 Å². The van der Waals surface area contributed by atoms with Gasteiger partial charge < -0.3 is 20.1 Å². The van der Waals surface area contributed by atoms with Gasteiger partial charge >= 0.3 is 0 Å². The molecule has 0 saturated carbocycles. The van der Waals surface area contributed by atoms with Crippen molar-refractivity contribution < 1.29 is 14.6 Å². The zero-order valence-electron chi connectivity index (χ0n) is 12.9. The lowest BCUT2D eigenvalue weighted by atomic mass is 10.1. The molecule has 1 aliphatic heterocycles. The molecule has 1 aromatic carbocycles. The van der Waals surface area contributed by atoms with Crippen LogP contribution in [0.4, 0.5) is 5.69 Å². The molecule has 1 aliphatic rings. The van der Waals surface area contributed by atoms with Crippen LogP contribution in [-0.2, 0) is 4.74 Å². The van der Waals surface area contributed by atoms with Crippen molar-refractivity contribution in [3.8, 4) is 0 Å². The maximum absolute atomic E-state index is 12.8. The molecule has 2 atom stereocenters.